The minimum Gasteiger partial charge on any atom is -0.481 e. The van der Waals surface area contributed by atoms with Crippen LogP contribution in [0.2, 0.25) is 0 Å². The maximum atomic E-state index is 13.4. The zero-order valence-corrected chi connectivity index (χ0v) is 17.9. The van der Waals surface area contributed by atoms with Crippen molar-refractivity contribution in [3.05, 3.63) is 47.4 Å². The fourth-order valence-electron chi connectivity index (χ4n) is 2.65. The molecule has 0 aliphatic rings. The van der Waals surface area contributed by atoms with Gasteiger partial charge in [-0.15, -0.1) is 0 Å². The number of anilines is 1. The average Bonchev–Trinajstić information content (AvgIpc) is 2.64. The highest BCUT2D eigenvalue weighted by atomic mass is 32.2. The normalized spacial score (nSPS) is 13.0. The number of rotatable bonds is 8. The van der Waals surface area contributed by atoms with E-state index in [0.717, 1.165) is 10.6 Å². The number of carboxylic acid groups (broad SMARTS) is 1. The van der Waals surface area contributed by atoms with Crippen LogP contribution in [-0.4, -0.2) is 54.0 Å². The summed E-state index contributed by atoms with van der Waals surface area (Å²) in [6.07, 6.45) is 2.13. The molecule has 1 aromatic carbocycles. The number of sulfonamides is 1. The molecule has 0 spiro atoms. The number of hydrogen-bond acceptors (Lipinski definition) is 6. The van der Waals surface area contributed by atoms with Crippen LogP contribution in [0, 0.1) is 5.82 Å². The van der Waals surface area contributed by atoms with E-state index in [-0.39, 0.29) is 11.9 Å². The van der Waals surface area contributed by atoms with Crippen molar-refractivity contribution in [2.45, 2.75) is 32.3 Å². The number of carboxylic acids is 1. The molecule has 0 amide bonds. The Hall–Kier alpha value is -2.85. The lowest BCUT2D eigenvalue weighted by Crippen LogP contribution is -2.27. The van der Waals surface area contributed by atoms with Crippen molar-refractivity contribution in [2.75, 3.05) is 17.6 Å². The van der Waals surface area contributed by atoms with E-state index >= 15 is 0 Å². The SMILES string of the molecule is CC(C)c1nc(N(C)S(C)(=O)=O)nc(-c2ccc(F)cc2)c1/C=C/[C@@H](O)CC(=O)O. The van der Waals surface area contributed by atoms with Gasteiger partial charge in [0.1, 0.15) is 5.82 Å². The number of halogens is 1. The fraction of sp³-hybridized carbons (Fsp3) is 0.350. The monoisotopic (exact) mass is 437 g/mol. The van der Waals surface area contributed by atoms with E-state index in [1.807, 2.05) is 13.8 Å². The second-order valence-electron chi connectivity index (χ2n) is 7.09. The van der Waals surface area contributed by atoms with Crippen molar-refractivity contribution >= 4 is 28.0 Å². The number of nitrogens with zero attached hydrogens (tertiary/aromatic N) is 3. The second kappa shape index (κ2) is 9.31. The van der Waals surface area contributed by atoms with Crippen LogP contribution in [0.3, 0.4) is 0 Å². The van der Waals surface area contributed by atoms with E-state index in [4.69, 9.17) is 5.11 Å². The van der Waals surface area contributed by atoms with Crippen LogP contribution in [0.25, 0.3) is 17.3 Å². The molecule has 0 aliphatic carbocycles. The van der Waals surface area contributed by atoms with Gasteiger partial charge in [0.25, 0.3) is 0 Å². The zero-order chi connectivity index (χ0) is 22.6. The van der Waals surface area contributed by atoms with Gasteiger partial charge in [-0.2, -0.15) is 0 Å². The van der Waals surface area contributed by atoms with Crippen LogP contribution in [0.15, 0.2) is 30.3 Å². The lowest BCUT2D eigenvalue weighted by molar-refractivity contribution is -0.138. The Kier molecular flexibility index (Phi) is 7.27. The predicted molar refractivity (Wildman–Crippen MR) is 112 cm³/mol. The molecule has 1 aromatic heterocycles. The van der Waals surface area contributed by atoms with Crippen molar-refractivity contribution in [2.24, 2.45) is 0 Å². The van der Waals surface area contributed by atoms with Gasteiger partial charge < -0.3 is 10.2 Å². The van der Waals surface area contributed by atoms with Crippen LogP contribution in [0.5, 0.6) is 0 Å². The molecule has 1 atom stereocenters. The second-order valence-corrected chi connectivity index (χ2v) is 9.10. The molecule has 30 heavy (non-hydrogen) atoms. The van der Waals surface area contributed by atoms with E-state index in [0.29, 0.717) is 22.5 Å². The van der Waals surface area contributed by atoms with Crippen molar-refractivity contribution in [3.63, 3.8) is 0 Å². The minimum absolute atomic E-state index is 0.0521. The van der Waals surface area contributed by atoms with Gasteiger partial charge in [-0.05, 0) is 30.2 Å². The molecule has 2 N–H and O–H groups in total. The van der Waals surface area contributed by atoms with Crippen LogP contribution < -0.4 is 4.31 Å². The Morgan fingerprint density at radius 1 is 1.23 bits per heavy atom. The molecular formula is C20H24FN3O5S. The summed E-state index contributed by atoms with van der Waals surface area (Å²) in [7, 11) is -2.30. The summed E-state index contributed by atoms with van der Waals surface area (Å²) in [4.78, 5) is 19.6. The summed E-state index contributed by atoms with van der Waals surface area (Å²) in [5.41, 5.74) is 1.81. The molecule has 1 heterocycles. The predicted octanol–water partition coefficient (Wildman–Crippen LogP) is 2.65. The lowest BCUT2D eigenvalue weighted by atomic mass is 9.97. The van der Waals surface area contributed by atoms with Crippen LogP contribution in [0.4, 0.5) is 10.3 Å². The minimum atomic E-state index is -3.63. The van der Waals surface area contributed by atoms with E-state index in [9.17, 15) is 22.7 Å². The summed E-state index contributed by atoms with van der Waals surface area (Å²) in [5.74, 6) is -1.81. The molecule has 2 aromatic rings. The Labute approximate surface area is 174 Å². The number of hydrogen-bond donors (Lipinski definition) is 2. The molecule has 0 saturated carbocycles. The summed E-state index contributed by atoms with van der Waals surface area (Å²) in [6.45, 7) is 3.71. The highest BCUT2D eigenvalue weighted by Gasteiger charge is 2.22. The van der Waals surface area contributed by atoms with Gasteiger partial charge in [0.15, 0.2) is 0 Å². The van der Waals surface area contributed by atoms with Gasteiger partial charge in [-0.25, -0.2) is 27.1 Å². The first kappa shape index (κ1) is 23.4. The van der Waals surface area contributed by atoms with Gasteiger partial charge in [-0.1, -0.05) is 26.0 Å². The molecule has 0 radical (unpaired) electrons. The number of aromatic nitrogens is 2. The van der Waals surface area contributed by atoms with Crippen molar-refractivity contribution in [1.82, 2.24) is 9.97 Å². The summed E-state index contributed by atoms with van der Waals surface area (Å²) in [6, 6.07) is 5.49. The molecule has 0 saturated heterocycles. The molecule has 2 rings (SSSR count). The number of aliphatic hydroxyl groups excluding tert-OH is 1. The highest BCUT2D eigenvalue weighted by molar-refractivity contribution is 7.92. The number of aliphatic carboxylic acids is 1. The van der Waals surface area contributed by atoms with Crippen molar-refractivity contribution in [3.8, 4) is 11.3 Å². The fourth-order valence-corrected chi connectivity index (χ4v) is 3.03. The molecule has 10 heteroatoms. The topological polar surface area (TPSA) is 121 Å². The molecule has 0 aliphatic heterocycles. The van der Waals surface area contributed by atoms with E-state index < -0.39 is 34.3 Å². The number of carbonyl (C=O) groups is 1. The summed E-state index contributed by atoms with van der Waals surface area (Å²) < 4.78 is 38.4. The maximum Gasteiger partial charge on any atom is 0.306 e. The molecule has 0 fully saturated rings. The number of benzene rings is 1. The third-order valence-electron chi connectivity index (χ3n) is 4.28. The van der Waals surface area contributed by atoms with Gasteiger partial charge >= 0.3 is 5.97 Å². The quantitative estimate of drug-likeness (QED) is 0.651. The first-order valence-corrected chi connectivity index (χ1v) is 10.9. The largest absolute Gasteiger partial charge is 0.481 e. The molecular weight excluding hydrogens is 413 g/mol. The Bertz CT molecular complexity index is 1050. The van der Waals surface area contributed by atoms with E-state index in [2.05, 4.69) is 9.97 Å². The van der Waals surface area contributed by atoms with Gasteiger partial charge in [0, 0.05) is 18.2 Å². The molecule has 0 unspecified atom stereocenters. The summed E-state index contributed by atoms with van der Waals surface area (Å²) >= 11 is 0. The first-order chi connectivity index (χ1) is 13.9. The zero-order valence-electron chi connectivity index (χ0n) is 17.1. The lowest BCUT2D eigenvalue weighted by Gasteiger charge is -2.20. The Balaban J connectivity index is 2.74. The number of aliphatic hydroxyl groups is 1. The van der Waals surface area contributed by atoms with Gasteiger partial charge in [-0.3, -0.25) is 4.79 Å². The highest BCUT2D eigenvalue weighted by Crippen LogP contribution is 2.31. The van der Waals surface area contributed by atoms with Gasteiger partial charge in [0.05, 0.1) is 30.2 Å². The average molecular weight is 437 g/mol. The first-order valence-electron chi connectivity index (χ1n) is 9.10. The van der Waals surface area contributed by atoms with Crippen LogP contribution in [-0.2, 0) is 14.8 Å². The van der Waals surface area contributed by atoms with Crippen LogP contribution in [0.1, 0.15) is 37.4 Å². The van der Waals surface area contributed by atoms with Gasteiger partial charge in [0.2, 0.25) is 16.0 Å². The smallest absolute Gasteiger partial charge is 0.306 e. The van der Waals surface area contributed by atoms with Crippen molar-refractivity contribution in [1.29, 1.82) is 0 Å². The van der Waals surface area contributed by atoms with Crippen molar-refractivity contribution < 1.29 is 27.8 Å². The molecule has 0 bridgehead atoms. The van der Waals surface area contributed by atoms with Crippen LogP contribution >= 0.6 is 0 Å². The Morgan fingerprint density at radius 2 is 1.83 bits per heavy atom. The Morgan fingerprint density at radius 3 is 2.33 bits per heavy atom. The maximum absolute atomic E-state index is 13.4. The summed E-state index contributed by atoms with van der Waals surface area (Å²) in [5, 5.41) is 18.8. The molecule has 8 nitrogen and oxygen atoms in total. The van der Waals surface area contributed by atoms with E-state index in [1.165, 1.54) is 43.5 Å². The third-order valence-corrected chi connectivity index (χ3v) is 5.43. The molecule has 162 valence electrons. The standard InChI is InChI=1S/C20H24FN3O5S/c1-12(2)18-16(10-9-15(25)11-17(26)27)19(13-5-7-14(21)8-6-13)23-20(22-18)24(3)30(4,28)29/h5-10,12,15,25H,11H2,1-4H3,(H,26,27)/b10-9+/t15-/m1/s1. The van der Waals surface area contributed by atoms with E-state index in [1.54, 1.807) is 0 Å². The third kappa shape index (κ3) is 5.83.